The number of hydrogen-bond donors (Lipinski definition) is 1. The first-order valence-electron chi connectivity index (χ1n) is 8.15. The number of carbonyl (C=O) groups is 1. The van der Waals surface area contributed by atoms with Crippen molar-refractivity contribution < 1.29 is 24.6 Å². The van der Waals surface area contributed by atoms with Gasteiger partial charge in [0.15, 0.2) is 0 Å². The van der Waals surface area contributed by atoms with Crippen LogP contribution in [0.1, 0.15) is 44.6 Å². The Bertz CT molecular complexity index is 760. The molecule has 0 bridgehead atoms. The Labute approximate surface area is 145 Å². The van der Waals surface area contributed by atoms with Crippen molar-refractivity contribution in [2.45, 2.75) is 45.3 Å². The van der Waals surface area contributed by atoms with Gasteiger partial charge in [0, 0.05) is 6.42 Å². The number of aromatic hydroxyl groups is 1. The highest BCUT2D eigenvalue weighted by molar-refractivity contribution is 5.86. The smallest absolute Gasteiger partial charge is 0.315 e. The number of phenolic OH excluding ortho intramolecular Hbond substituents is 1. The van der Waals surface area contributed by atoms with Crippen LogP contribution in [-0.4, -0.2) is 22.5 Å². The molecule has 0 radical (unpaired) electrons. The van der Waals surface area contributed by atoms with Crippen molar-refractivity contribution in [3.8, 4) is 5.75 Å². The van der Waals surface area contributed by atoms with Crippen LogP contribution in [0.5, 0.6) is 5.75 Å². The van der Waals surface area contributed by atoms with Crippen LogP contribution in [0.15, 0.2) is 36.4 Å². The van der Waals surface area contributed by atoms with Gasteiger partial charge in [-0.05, 0) is 41.8 Å². The number of benzene rings is 2. The van der Waals surface area contributed by atoms with Gasteiger partial charge >= 0.3 is 5.97 Å². The van der Waals surface area contributed by atoms with Gasteiger partial charge in [-0.2, -0.15) is 0 Å². The first-order valence-corrected chi connectivity index (χ1v) is 8.15. The van der Waals surface area contributed by atoms with Gasteiger partial charge in [-0.1, -0.05) is 37.6 Å². The minimum atomic E-state index is -1.19. The van der Waals surface area contributed by atoms with Crippen molar-refractivity contribution in [2.75, 3.05) is 0 Å². The molecule has 2 aromatic rings. The normalized spacial score (nSPS) is 13.2. The molecule has 25 heavy (non-hydrogen) atoms. The summed E-state index contributed by atoms with van der Waals surface area (Å²) < 4.78 is 5.17. The van der Waals surface area contributed by atoms with Crippen molar-refractivity contribution in [3.05, 3.63) is 52.1 Å². The minimum absolute atomic E-state index is 0.170. The molecule has 1 unspecified atom stereocenters. The van der Waals surface area contributed by atoms with E-state index in [0.29, 0.717) is 6.42 Å². The van der Waals surface area contributed by atoms with Gasteiger partial charge < -0.3 is 9.84 Å². The van der Waals surface area contributed by atoms with Crippen molar-refractivity contribution in [2.24, 2.45) is 0 Å². The van der Waals surface area contributed by atoms with Gasteiger partial charge in [0.05, 0.1) is 5.92 Å². The molecular formula is C18H21NO6. The lowest BCUT2D eigenvalue weighted by atomic mass is 9.98. The van der Waals surface area contributed by atoms with Gasteiger partial charge in [-0.25, -0.2) is 0 Å². The quantitative estimate of drug-likeness (QED) is 0.336. The number of phenols is 1. The molecule has 7 nitrogen and oxygen atoms in total. The lowest BCUT2D eigenvalue weighted by Crippen LogP contribution is -2.26. The number of carbonyl (C=O) groups excluding carboxylic acids is 1. The number of fused-ring (bicyclic) bond motifs is 1. The van der Waals surface area contributed by atoms with E-state index in [0.717, 1.165) is 22.8 Å². The number of rotatable bonds is 8. The standard InChI is InChI=1S/C18H21NO6/c1-3-4-5-17(25-19(22)23)24-18(21)12(2)13-6-7-15-11-16(20)9-8-14(15)10-13/h6-12,17,20H,3-5H2,1-2H3/t12-,17?/m0/s1. The van der Waals surface area contributed by atoms with Gasteiger partial charge in [-0.15, -0.1) is 10.1 Å². The average molecular weight is 347 g/mol. The highest BCUT2D eigenvalue weighted by atomic mass is 17.0. The maximum atomic E-state index is 12.3. The number of unbranched alkanes of at least 4 members (excludes halogenated alkanes) is 1. The predicted molar refractivity (Wildman–Crippen MR) is 91.5 cm³/mol. The first-order chi connectivity index (χ1) is 11.9. The topological polar surface area (TPSA) is 98.9 Å². The summed E-state index contributed by atoms with van der Waals surface area (Å²) in [5, 5.41) is 20.8. The molecule has 0 aliphatic heterocycles. The Hall–Kier alpha value is -2.83. The van der Waals surface area contributed by atoms with Crippen LogP contribution in [0.3, 0.4) is 0 Å². The molecule has 134 valence electrons. The Kier molecular flexibility index (Phi) is 6.16. The zero-order valence-electron chi connectivity index (χ0n) is 14.2. The SMILES string of the molecule is CCCCC(OC(=O)[C@@H](C)c1ccc2cc(O)ccc2c1)O[N+](=O)[O-]. The van der Waals surface area contributed by atoms with Crippen molar-refractivity contribution in [3.63, 3.8) is 0 Å². The largest absolute Gasteiger partial charge is 0.508 e. The molecule has 0 saturated heterocycles. The second-order valence-electron chi connectivity index (χ2n) is 5.85. The van der Waals surface area contributed by atoms with Crippen LogP contribution in [0.25, 0.3) is 10.8 Å². The Morgan fingerprint density at radius 2 is 1.92 bits per heavy atom. The fourth-order valence-corrected chi connectivity index (χ4v) is 2.49. The molecule has 2 aromatic carbocycles. The molecule has 7 heteroatoms. The van der Waals surface area contributed by atoms with Crippen LogP contribution in [0, 0.1) is 10.1 Å². The second-order valence-corrected chi connectivity index (χ2v) is 5.85. The lowest BCUT2D eigenvalue weighted by molar-refractivity contribution is -0.779. The summed E-state index contributed by atoms with van der Waals surface area (Å²) >= 11 is 0. The summed E-state index contributed by atoms with van der Waals surface area (Å²) in [5.41, 5.74) is 0.721. The molecule has 0 heterocycles. The van der Waals surface area contributed by atoms with E-state index in [1.165, 1.54) is 0 Å². The molecule has 1 N–H and O–H groups in total. The summed E-state index contributed by atoms with van der Waals surface area (Å²) in [6, 6.07) is 10.4. The first kappa shape index (κ1) is 18.5. The van der Waals surface area contributed by atoms with Crippen molar-refractivity contribution in [1.29, 1.82) is 0 Å². The molecule has 0 aliphatic carbocycles. The monoisotopic (exact) mass is 347 g/mol. The third-order valence-corrected chi connectivity index (χ3v) is 3.95. The highest BCUT2D eigenvalue weighted by Crippen LogP contribution is 2.26. The number of ether oxygens (including phenoxy) is 1. The molecule has 0 fully saturated rings. The van der Waals surface area contributed by atoms with E-state index in [2.05, 4.69) is 4.84 Å². The van der Waals surface area contributed by atoms with Gasteiger partial charge in [0.25, 0.3) is 5.09 Å². The van der Waals surface area contributed by atoms with Gasteiger partial charge in [0.2, 0.25) is 6.29 Å². The molecule has 0 aromatic heterocycles. The third kappa shape index (κ3) is 5.07. The van der Waals surface area contributed by atoms with Crippen molar-refractivity contribution >= 4 is 16.7 Å². The van der Waals surface area contributed by atoms with Crippen molar-refractivity contribution in [1.82, 2.24) is 0 Å². The number of nitrogens with zero attached hydrogens (tertiary/aromatic N) is 1. The lowest BCUT2D eigenvalue weighted by Gasteiger charge is -2.18. The molecule has 0 spiro atoms. The van der Waals surface area contributed by atoms with Gasteiger partial charge in [-0.3, -0.25) is 9.63 Å². The fourth-order valence-electron chi connectivity index (χ4n) is 2.49. The summed E-state index contributed by atoms with van der Waals surface area (Å²) in [6.45, 7) is 3.60. The molecule has 2 rings (SSSR count). The maximum Gasteiger partial charge on any atom is 0.315 e. The van der Waals surface area contributed by atoms with E-state index in [1.807, 2.05) is 13.0 Å². The van der Waals surface area contributed by atoms with Crippen LogP contribution in [-0.2, 0) is 14.4 Å². The zero-order chi connectivity index (χ0) is 18.4. The van der Waals surface area contributed by atoms with Crippen LogP contribution in [0.4, 0.5) is 0 Å². The van der Waals surface area contributed by atoms with E-state index in [1.54, 1.807) is 37.3 Å². The Morgan fingerprint density at radius 1 is 1.24 bits per heavy atom. The summed E-state index contributed by atoms with van der Waals surface area (Å²) in [4.78, 5) is 27.3. The summed E-state index contributed by atoms with van der Waals surface area (Å²) in [5.74, 6) is -1.01. The molecular weight excluding hydrogens is 326 g/mol. The third-order valence-electron chi connectivity index (χ3n) is 3.95. The van der Waals surface area contributed by atoms with E-state index in [-0.39, 0.29) is 12.2 Å². The van der Waals surface area contributed by atoms with Crippen LogP contribution in [0.2, 0.25) is 0 Å². The van der Waals surface area contributed by atoms with Crippen LogP contribution >= 0.6 is 0 Å². The molecule has 0 amide bonds. The van der Waals surface area contributed by atoms with Gasteiger partial charge in [0.1, 0.15) is 5.75 Å². The van der Waals surface area contributed by atoms with E-state index in [9.17, 15) is 20.0 Å². The molecule has 0 saturated carbocycles. The second kappa shape index (κ2) is 8.32. The van der Waals surface area contributed by atoms with E-state index in [4.69, 9.17) is 4.74 Å². The Balaban J connectivity index is 2.11. The summed E-state index contributed by atoms with van der Waals surface area (Å²) in [6.07, 6.45) is 0.539. The Morgan fingerprint density at radius 3 is 2.60 bits per heavy atom. The average Bonchev–Trinajstić information content (AvgIpc) is 2.57. The zero-order valence-corrected chi connectivity index (χ0v) is 14.2. The highest BCUT2D eigenvalue weighted by Gasteiger charge is 2.23. The summed E-state index contributed by atoms with van der Waals surface area (Å²) in [7, 11) is 0. The molecule has 0 aliphatic rings. The van der Waals surface area contributed by atoms with E-state index < -0.39 is 23.3 Å². The predicted octanol–water partition coefficient (Wildman–Crippen LogP) is 3.92. The number of hydrogen-bond acceptors (Lipinski definition) is 6. The van der Waals surface area contributed by atoms with Crippen LogP contribution < -0.4 is 0 Å². The maximum absolute atomic E-state index is 12.3. The molecule has 2 atom stereocenters. The van der Waals surface area contributed by atoms with E-state index >= 15 is 0 Å². The minimum Gasteiger partial charge on any atom is -0.508 e. The fraction of sp³-hybridized carbons (Fsp3) is 0.389. The number of esters is 1.